The summed E-state index contributed by atoms with van der Waals surface area (Å²) in [6.45, 7) is 6.21. The van der Waals surface area contributed by atoms with E-state index in [4.69, 9.17) is 4.74 Å². The van der Waals surface area contributed by atoms with E-state index in [1.807, 2.05) is 6.92 Å². The van der Waals surface area contributed by atoms with E-state index in [1.54, 1.807) is 0 Å². The van der Waals surface area contributed by atoms with Crippen molar-refractivity contribution in [1.82, 2.24) is 5.32 Å². The Kier molecular flexibility index (Phi) is 4.87. The van der Waals surface area contributed by atoms with Gasteiger partial charge in [-0.3, -0.25) is 0 Å². The lowest BCUT2D eigenvalue weighted by Gasteiger charge is -2.40. The van der Waals surface area contributed by atoms with Crippen molar-refractivity contribution < 1.29 is 4.74 Å². The largest absolute Gasteiger partial charge is 0.494 e. The standard InChI is InChI=1S/C17H27NO/c1-4-19-16-7-5-15(6-8-16)17(13-18-3)11-9-14(2)10-12-17/h5-8,14,18H,4,9-13H2,1-3H3. The van der Waals surface area contributed by atoms with Crippen LogP contribution in [0, 0.1) is 5.92 Å². The second kappa shape index (κ2) is 6.42. The van der Waals surface area contributed by atoms with Crippen LogP contribution in [0.25, 0.3) is 0 Å². The monoisotopic (exact) mass is 261 g/mol. The van der Waals surface area contributed by atoms with Crippen LogP contribution in [0.15, 0.2) is 24.3 Å². The second-order valence-corrected chi connectivity index (χ2v) is 5.95. The average Bonchev–Trinajstić information content (AvgIpc) is 2.43. The smallest absolute Gasteiger partial charge is 0.119 e. The predicted molar refractivity (Wildman–Crippen MR) is 80.8 cm³/mol. The first-order valence-electron chi connectivity index (χ1n) is 7.58. The van der Waals surface area contributed by atoms with Crippen molar-refractivity contribution in [2.24, 2.45) is 5.92 Å². The Morgan fingerprint density at radius 1 is 1.21 bits per heavy atom. The van der Waals surface area contributed by atoms with E-state index in [0.717, 1.165) is 24.8 Å². The molecule has 0 unspecified atom stereocenters. The molecular formula is C17H27NO. The quantitative estimate of drug-likeness (QED) is 0.871. The van der Waals surface area contributed by atoms with Crippen LogP contribution in [0.5, 0.6) is 5.75 Å². The fraction of sp³-hybridized carbons (Fsp3) is 0.647. The van der Waals surface area contributed by atoms with Gasteiger partial charge in [0.15, 0.2) is 0 Å². The number of hydrogen-bond donors (Lipinski definition) is 1. The molecule has 0 spiro atoms. The molecule has 0 amide bonds. The number of nitrogens with one attached hydrogen (secondary N) is 1. The van der Waals surface area contributed by atoms with Crippen molar-refractivity contribution in [3.8, 4) is 5.75 Å². The minimum absolute atomic E-state index is 0.325. The van der Waals surface area contributed by atoms with E-state index in [9.17, 15) is 0 Å². The highest BCUT2D eigenvalue weighted by molar-refractivity contribution is 5.33. The van der Waals surface area contributed by atoms with Crippen molar-refractivity contribution in [3.05, 3.63) is 29.8 Å². The summed E-state index contributed by atoms with van der Waals surface area (Å²) < 4.78 is 5.54. The van der Waals surface area contributed by atoms with Crippen molar-refractivity contribution >= 4 is 0 Å². The number of likely N-dealkylation sites (N-methyl/N-ethyl adjacent to an activating group) is 1. The summed E-state index contributed by atoms with van der Waals surface area (Å²) in [7, 11) is 2.06. The molecule has 1 aliphatic rings. The van der Waals surface area contributed by atoms with Gasteiger partial charge in [-0.2, -0.15) is 0 Å². The molecule has 1 aliphatic carbocycles. The molecule has 0 aliphatic heterocycles. The Hall–Kier alpha value is -1.02. The van der Waals surface area contributed by atoms with Gasteiger partial charge in [-0.15, -0.1) is 0 Å². The van der Waals surface area contributed by atoms with Gasteiger partial charge in [0.25, 0.3) is 0 Å². The molecule has 0 atom stereocenters. The Labute approximate surface area is 117 Å². The Morgan fingerprint density at radius 3 is 2.37 bits per heavy atom. The van der Waals surface area contributed by atoms with Gasteiger partial charge in [-0.1, -0.05) is 19.1 Å². The predicted octanol–water partition coefficient (Wildman–Crippen LogP) is 3.75. The highest BCUT2D eigenvalue weighted by Crippen LogP contribution is 2.41. The third-order valence-corrected chi connectivity index (χ3v) is 4.52. The van der Waals surface area contributed by atoms with Crippen LogP contribution in [-0.2, 0) is 5.41 Å². The van der Waals surface area contributed by atoms with Crippen molar-refractivity contribution in [2.75, 3.05) is 20.2 Å². The third kappa shape index (κ3) is 3.30. The van der Waals surface area contributed by atoms with Crippen LogP contribution >= 0.6 is 0 Å². The van der Waals surface area contributed by atoms with E-state index < -0.39 is 0 Å². The summed E-state index contributed by atoms with van der Waals surface area (Å²) >= 11 is 0. The minimum Gasteiger partial charge on any atom is -0.494 e. The van der Waals surface area contributed by atoms with Crippen LogP contribution in [0.2, 0.25) is 0 Å². The second-order valence-electron chi connectivity index (χ2n) is 5.95. The topological polar surface area (TPSA) is 21.3 Å². The molecule has 0 bridgehead atoms. The third-order valence-electron chi connectivity index (χ3n) is 4.52. The Morgan fingerprint density at radius 2 is 1.84 bits per heavy atom. The fourth-order valence-corrected chi connectivity index (χ4v) is 3.29. The van der Waals surface area contributed by atoms with Gasteiger partial charge in [0.05, 0.1) is 6.61 Å². The minimum atomic E-state index is 0.325. The number of benzene rings is 1. The zero-order chi connectivity index (χ0) is 13.7. The van der Waals surface area contributed by atoms with Gasteiger partial charge >= 0.3 is 0 Å². The molecule has 2 nitrogen and oxygen atoms in total. The van der Waals surface area contributed by atoms with E-state index in [-0.39, 0.29) is 0 Å². The highest BCUT2D eigenvalue weighted by atomic mass is 16.5. The molecule has 2 rings (SSSR count). The molecule has 0 saturated heterocycles. The Bertz CT molecular complexity index is 377. The first kappa shape index (κ1) is 14.4. The normalized spacial score (nSPS) is 27.2. The van der Waals surface area contributed by atoms with Crippen molar-refractivity contribution in [3.63, 3.8) is 0 Å². The van der Waals surface area contributed by atoms with Gasteiger partial charge < -0.3 is 10.1 Å². The summed E-state index contributed by atoms with van der Waals surface area (Å²) in [4.78, 5) is 0. The number of rotatable bonds is 5. The highest BCUT2D eigenvalue weighted by Gasteiger charge is 2.35. The van der Waals surface area contributed by atoms with Crippen molar-refractivity contribution in [2.45, 2.75) is 44.9 Å². The average molecular weight is 261 g/mol. The summed E-state index contributed by atoms with van der Waals surface area (Å²) in [5, 5.41) is 3.40. The number of hydrogen-bond acceptors (Lipinski definition) is 2. The molecule has 0 radical (unpaired) electrons. The van der Waals surface area contributed by atoms with E-state index in [2.05, 4.69) is 43.6 Å². The molecule has 0 heterocycles. The lowest BCUT2D eigenvalue weighted by molar-refractivity contribution is 0.237. The molecule has 2 heteroatoms. The lowest BCUT2D eigenvalue weighted by Crippen LogP contribution is -2.40. The maximum absolute atomic E-state index is 5.54. The van der Waals surface area contributed by atoms with Gasteiger partial charge in [-0.25, -0.2) is 0 Å². The molecule has 1 fully saturated rings. The van der Waals surface area contributed by atoms with Crippen molar-refractivity contribution in [1.29, 1.82) is 0 Å². The van der Waals surface area contributed by atoms with Crippen LogP contribution in [0.1, 0.15) is 45.1 Å². The molecule has 1 aromatic rings. The molecule has 1 N–H and O–H groups in total. The fourth-order valence-electron chi connectivity index (χ4n) is 3.29. The summed E-state index contributed by atoms with van der Waals surface area (Å²) in [5.74, 6) is 1.86. The molecule has 106 valence electrons. The summed E-state index contributed by atoms with van der Waals surface area (Å²) in [6.07, 6.45) is 5.27. The van der Waals surface area contributed by atoms with Gasteiger partial charge in [0, 0.05) is 12.0 Å². The zero-order valence-electron chi connectivity index (χ0n) is 12.5. The van der Waals surface area contributed by atoms with Crippen LogP contribution in [0.3, 0.4) is 0 Å². The summed E-state index contributed by atoms with van der Waals surface area (Å²) in [5.41, 5.74) is 1.80. The molecule has 19 heavy (non-hydrogen) atoms. The molecule has 1 aromatic carbocycles. The Balaban J connectivity index is 2.18. The van der Waals surface area contributed by atoms with E-state index in [1.165, 1.54) is 31.2 Å². The van der Waals surface area contributed by atoms with Gasteiger partial charge in [-0.05, 0) is 63.3 Å². The maximum Gasteiger partial charge on any atom is 0.119 e. The van der Waals surface area contributed by atoms with Crippen LogP contribution < -0.4 is 10.1 Å². The first-order chi connectivity index (χ1) is 9.20. The molecule has 0 aromatic heterocycles. The lowest BCUT2D eigenvalue weighted by atomic mass is 9.67. The van der Waals surface area contributed by atoms with E-state index >= 15 is 0 Å². The maximum atomic E-state index is 5.54. The zero-order valence-corrected chi connectivity index (χ0v) is 12.5. The molecule has 1 saturated carbocycles. The first-order valence-corrected chi connectivity index (χ1v) is 7.58. The van der Waals surface area contributed by atoms with Crippen LogP contribution in [0.4, 0.5) is 0 Å². The van der Waals surface area contributed by atoms with E-state index in [0.29, 0.717) is 5.41 Å². The SMILES string of the molecule is CCOc1ccc(C2(CNC)CCC(C)CC2)cc1. The number of ether oxygens (including phenoxy) is 1. The van der Waals surface area contributed by atoms with Gasteiger partial charge in [0.1, 0.15) is 5.75 Å². The van der Waals surface area contributed by atoms with Crippen LogP contribution in [-0.4, -0.2) is 20.2 Å². The van der Waals surface area contributed by atoms with Gasteiger partial charge in [0.2, 0.25) is 0 Å². The summed E-state index contributed by atoms with van der Waals surface area (Å²) in [6, 6.07) is 8.76. The molecular weight excluding hydrogens is 234 g/mol.